The van der Waals surface area contributed by atoms with Gasteiger partial charge >= 0.3 is 5.97 Å². The van der Waals surface area contributed by atoms with Crippen LogP contribution in [-0.4, -0.2) is 44.0 Å². The van der Waals surface area contributed by atoms with E-state index in [0.29, 0.717) is 30.9 Å². The molecule has 1 N–H and O–H groups in total. The van der Waals surface area contributed by atoms with Crippen molar-refractivity contribution in [1.29, 1.82) is 0 Å². The molecule has 1 amide bonds. The van der Waals surface area contributed by atoms with Gasteiger partial charge in [0.1, 0.15) is 11.5 Å². The second kappa shape index (κ2) is 12.4. The quantitative estimate of drug-likeness (QED) is 0.413. The molecule has 0 aliphatic heterocycles. The molecule has 166 valence electrons. The van der Waals surface area contributed by atoms with Crippen molar-refractivity contribution in [3.05, 3.63) is 59.7 Å². The van der Waals surface area contributed by atoms with Gasteiger partial charge in [-0.15, -0.1) is 0 Å². The van der Waals surface area contributed by atoms with Crippen molar-refractivity contribution in [3.63, 3.8) is 0 Å². The Morgan fingerprint density at radius 3 is 2.19 bits per heavy atom. The van der Waals surface area contributed by atoms with Crippen LogP contribution in [0.5, 0.6) is 11.5 Å². The Hall–Kier alpha value is -3.35. The number of amides is 1. The fourth-order valence-corrected chi connectivity index (χ4v) is 2.84. The first-order valence-electron chi connectivity index (χ1n) is 10.3. The van der Waals surface area contributed by atoms with Gasteiger partial charge < -0.3 is 19.5 Å². The van der Waals surface area contributed by atoms with Crippen molar-refractivity contribution in [2.45, 2.75) is 39.2 Å². The van der Waals surface area contributed by atoms with Crippen LogP contribution in [0.3, 0.4) is 0 Å². The molecule has 0 saturated heterocycles. The predicted octanol–water partition coefficient (Wildman–Crippen LogP) is 3.35. The molecular formula is C24H29NO6. The van der Waals surface area contributed by atoms with E-state index < -0.39 is 12.1 Å². The van der Waals surface area contributed by atoms with E-state index in [4.69, 9.17) is 14.2 Å². The highest BCUT2D eigenvalue weighted by atomic mass is 16.5. The Morgan fingerprint density at radius 2 is 1.58 bits per heavy atom. The second-order valence-electron chi connectivity index (χ2n) is 6.90. The molecule has 0 aliphatic rings. The number of esters is 1. The summed E-state index contributed by atoms with van der Waals surface area (Å²) in [5, 5.41) is 2.74. The lowest BCUT2D eigenvalue weighted by atomic mass is 10.1. The Morgan fingerprint density at radius 1 is 0.935 bits per heavy atom. The van der Waals surface area contributed by atoms with Crippen LogP contribution < -0.4 is 14.8 Å². The van der Waals surface area contributed by atoms with Crippen LogP contribution in [0.25, 0.3) is 0 Å². The second-order valence-corrected chi connectivity index (χ2v) is 6.90. The molecular weight excluding hydrogens is 398 g/mol. The number of carbonyl (C=O) groups excluding carboxylic acids is 3. The van der Waals surface area contributed by atoms with E-state index in [0.717, 1.165) is 11.3 Å². The third kappa shape index (κ3) is 8.12. The van der Waals surface area contributed by atoms with Gasteiger partial charge in [0.2, 0.25) is 0 Å². The fourth-order valence-electron chi connectivity index (χ4n) is 2.84. The zero-order valence-corrected chi connectivity index (χ0v) is 18.2. The number of hydrogen-bond acceptors (Lipinski definition) is 6. The van der Waals surface area contributed by atoms with Gasteiger partial charge in [0.15, 0.2) is 11.9 Å². The molecule has 2 aromatic rings. The summed E-state index contributed by atoms with van der Waals surface area (Å²) < 4.78 is 15.6. The van der Waals surface area contributed by atoms with Crippen molar-refractivity contribution in [2.24, 2.45) is 0 Å². The third-order valence-electron chi connectivity index (χ3n) is 4.59. The molecule has 31 heavy (non-hydrogen) atoms. The molecule has 0 heterocycles. The maximum absolute atomic E-state index is 12.2. The minimum atomic E-state index is -0.927. The summed E-state index contributed by atoms with van der Waals surface area (Å²) in [4.78, 5) is 36.3. The zero-order chi connectivity index (χ0) is 22.6. The van der Waals surface area contributed by atoms with Gasteiger partial charge in [0.05, 0.1) is 20.1 Å². The van der Waals surface area contributed by atoms with Crippen molar-refractivity contribution in [2.75, 3.05) is 20.3 Å². The van der Waals surface area contributed by atoms with Crippen LogP contribution in [-0.2, 0) is 20.7 Å². The first-order chi connectivity index (χ1) is 14.9. The first kappa shape index (κ1) is 23.9. The van der Waals surface area contributed by atoms with Crippen molar-refractivity contribution in [3.8, 4) is 11.5 Å². The summed E-state index contributed by atoms with van der Waals surface area (Å²) in [6, 6.07) is 14.3. The van der Waals surface area contributed by atoms with E-state index in [1.165, 1.54) is 6.92 Å². The Balaban J connectivity index is 1.69. The minimum Gasteiger partial charge on any atom is -0.497 e. The van der Waals surface area contributed by atoms with Crippen molar-refractivity contribution >= 4 is 17.7 Å². The Bertz CT molecular complexity index is 861. The lowest BCUT2D eigenvalue weighted by molar-refractivity contribution is -0.154. The largest absolute Gasteiger partial charge is 0.497 e. The maximum Gasteiger partial charge on any atom is 0.307 e. The van der Waals surface area contributed by atoms with Gasteiger partial charge in [-0.2, -0.15) is 0 Å². The van der Waals surface area contributed by atoms with Crippen LogP contribution in [0.15, 0.2) is 48.5 Å². The number of Topliss-reactive ketones (excluding diaryl/α,β-unsaturated/α-hetero) is 1. The number of rotatable bonds is 12. The van der Waals surface area contributed by atoms with Crippen LogP contribution >= 0.6 is 0 Å². The number of ether oxygens (including phenoxy) is 3. The number of hydrogen-bond donors (Lipinski definition) is 1. The van der Waals surface area contributed by atoms with E-state index >= 15 is 0 Å². The predicted molar refractivity (Wildman–Crippen MR) is 116 cm³/mol. The summed E-state index contributed by atoms with van der Waals surface area (Å²) in [6.45, 7) is 4.36. The average molecular weight is 427 g/mol. The molecule has 1 unspecified atom stereocenters. The molecule has 7 nitrogen and oxygen atoms in total. The van der Waals surface area contributed by atoms with Crippen molar-refractivity contribution in [1.82, 2.24) is 5.32 Å². The molecule has 0 fully saturated rings. The van der Waals surface area contributed by atoms with Gasteiger partial charge in [0, 0.05) is 18.5 Å². The topological polar surface area (TPSA) is 90.9 Å². The first-order valence-corrected chi connectivity index (χ1v) is 10.3. The highest BCUT2D eigenvalue weighted by Gasteiger charge is 2.18. The summed E-state index contributed by atoms with van der Waals surface area (Å²) in [6.07, 6.45) is -0.356. The molecule has 0 spiro atoms. The maximum atomic E-state index is 12.2. The highest BCUT2D eigenvalue weighted by Crippen LogP contribution is 2.14. The summed E-state index contributed by atoms with van der Waals surface area (Å²) in [7, 11) is 1.61. The van der Waals surface area contributed by atoms with Gasteiger partial charge in [-0.05, 0) is 62.2 Å². The molecule has 1 atom stereocenters. The number of benzene rings is 2. The number of methoxy groups -OCH3 is 1. The molecule has 0 saturated carbocycles. The number of nitrogens with one attached hydrogen (secondary N) is 1. The van der Waals surface area contributed by atoms with E-state index in [-0.39, 0.29) is 24.5 Å². The lowest BCUT2D eigenvalue weighted by Crippen LogP contribution is -2.36. The highest BCUT2D eigenvalue weighted by molar-refractivity contribution is 5.97. The molecule has 0 aromatic heterocycles. The van der Waals surface area contributed by atoms with Crippen LogP contribution in [0.4, 0.5) is 0 Å². The molecule has 2 aromatic carbocycles. The normalized spacial score (nSPS) is 11.3. The van der Waals surface area contributed by atoms with Crippen molar-refractivity contribution < 1.29 is 28.6 Å². The molecule has 7 heteroatoms. The molecule has 0 radical (unpaired) electrons. The SMILES string of the molecule is CCOc1ccc(C(=O)CCC(=O)OC(C)C(=O)NCCc2ccc(OC)cc2)cc1. The number of carbonyl (C=O) groups is 3. The van der Waals surface area contributed by atoms with E-state index in [1.807, 2.05) is 31.2 Å². The lowest BCUT2D eigenvalue weighted by Gasteiger charge is -2.13. The van der Waals surface area contributed by atoms with Gasteiger partial charge in [-0.1, -0.05) is 12.1 Å². The molecule has 0 bridgehead atoms. The Kier molecular flexibility index (Phi) is 9.55. The molecule has 0 aliphatic carbocycles. The zero-order valence-electron chi connectivity index (χ0n) is 18.2. The van der Waals surface area contributed by atoms with Crippen LogP contribution in [0.2, 0.25) is 0 Å². The van der Waals surface area contributed by atoms with E-state index in [1.54, 1.807) is 31.4 Å². The summed E-state index contributed by atoms with van der Waals surface area (Å²) in [5.41, 5.74) is 1.55. The van der Waals surface area contributed by atoms with E-state index in [2.05, 4.69) is 5.32 Å². The smallest absolute Gasteiger partial charge is 0.307 e. The van der Waals surface area contributed by atoms with Crippen LogP contribution in [0, 0.1) is 0 Å². The summed E-state index contributed by atoms with van der Waals surface area (Å²) >= 11 is 0. The van der Waals surface area contributed by atoms with Gasteiger partial charge in [-0.3, -0.25) is 14.4 Å². The summed E-state index contributed by atoms with van der Waals surface area (Å²) in [5.74, 6) is 0.327. The van der Waals surface area contributed by atoms with E-state index in [9.17, 15) is 14.4 Å². The molecule has 2 rings (SSSR count). The van der Waals surface area contributed by atoms with Gasteiger partial charge in [0.25, 0.3) is 5.91 Å². The number of ketones is 1. The van der Waals surface area contributed by atoms with Crippen LogP contribution in [0.1, 0.15) is 42.6 Å². The van der Waals surface area contributed by atoms with Gasteiger partial charge in [-0.25, -0.2) is 0 Å². The fraction of sp³-hybridized carbons (Fsp3) is 0.375. The third-order valence-corrected chi connectivity index (χ3v) is 4.59. The minimum absolute atomic E-state index is 0.0125. The average Bonchev–Trinajstić information content (AvgIpc) is 2.78. The monoisotopic (exact) mass is 427 g/mol. The Labute approximate surface area is 182 Å². The standard InChI is InChI=1S/C24H29NO6/c1-4-30-21-11-7-19(8-12-21)22(26)13-14-23(27)31-17(2)24(28)25-16-15-18-5-9-20(29-3)10-6-18/h5-12,17H,4,13-16H2,1-3H3,(H,25,28).